The molecule has 1 aliphatic carbocycles. The first-order valence-electron chi connectivity index (χ1n) is 10.3. The van der Waals surface area contributed by atoms with Gasteiger partial charge in [-0.1, -0.05) is 23.8 Å². The van der Waals surface area contributed by atoms with Gasteiger partial charge in [-0.15, -0.1) is 21.5 Å². The van der Waals surface area contributed by atoms with Crippen molar-refractivity contribution in [3.63, 3.8) is 0 Å². The maximum Gasteiger partial charge on any atom is 0.277 e. The minimum Gasteiger partial charge on any atom is -0.493 e. The molecule has 3 aromatic heterocycles. The summed E-state index contributed by atoms with van der Waals surface area (Å²) in [7, 11) is 3.18. The number of aromatic nitrogens is 4. The van der Waals surface area contributed by atoms with Gasteiger partial charge in [-0.3, -0.25) is 0 Å². The van der Waals surface area contributed by atoms with Gasteiger partial charge in [0.2, 0.25) is 11.7 Å². The van der Waals surface area contributed by atoms with Crippen molar-refractivity contribution in [1.29, 1.82) is 0 Å². The molecule has 0 fully saturated rings. The van der Waals surface area contributed by atoms with E-state index >= 15 is 0 Å². The molecular formula is C22H22N4O4S2. The van der Waals surface area contributed by atoms with Gasteiger partial charge in [0, 0.05) is 10.4 Å². The number of methoxy groups -OCH3 is 2. The zero-order valence-electron chi connectivity index (χ0n) is 18.0. The lowest BCUT2D eigenvalue weighted by Gasteiger charge is -2.16. The molecule has 32 heavy (non-hydrogen) atoms. The number of thioether (sulfide) groups is 1. The molecule has 5 rings (SSSR count). The number of aryl methyl sites for hydroxylation is 1. The van der Waals surface area contributed by atoms with Crippen molar-refractivity contribution in [2.45, 2.75) is 37.2 Å². The van der Waals surface area contributed by atoms with Crippen LogP contribution in [0.2, 0.25) is 0 Å². The van der Waals surface area contributed by atoms with Crippen molar-refractivity contribution < 1.29 is 18.4 Å². The molecule has 4 aromatic rings. The van der Waals surface area contributed by atoms with Gasteiger partial charge in [-0.2, -0.15) is 4.98 Å². The fraction of sp³-hybridized carbons (Fsp3) is 0.364. The van der Waals surface area contributed by atoms with Crippen LogP contribution in [0.5, 0.6) is 11.5 Å². The second-order valence-electron chi connectivity index (χ2n) is 7.65. The number of ether oxygens (including phenoxy) is 2. The highest BCUT2D eigenvalue weighted by Crippen LogP contribution is 2.37. The predicted octanol–water partition coefficient (Wildman–Crippen LogP) is 5.28. The summed E-state index contributed by atoms with van der Waals surface area (Å²) in [5.74, 6) is 3.93. The first-order valence-corrected chi connectivity index (χ1v) is 12.1. The van der Waals surface area contributed by atoms with Crippen LogP contribution in [0.15, 0.2) is 38.4 Å². The van der Waals surface area contributed by atoms with E-state index in [1.54, 1.807) is 25.6 Å². The SMILES string of the molecule is COc1ccc(-c2noc(CSc3nnc(-c4cc5c(s4)CC[C@H](C)C5)o3)n2)cc1OC. The molecule has 10 heteroatoms. The Balaban J connectivity index is 1.25. The number of rotatable bonds is 7. The van der Waals surface area contributed by atoms with E-state index in [9.17, 15) is 0 Å². The quantitative estimate of drug-likeness (QED) is 0.334. The number of nitrogens with zero attached hydrogens (tertiary/aromatic N) is 4. The highest BCUT2D eigenvalue weighted by Gasteiger charge is 2.21. The van der Waals surface area contributed by atoms with E-state index in [1.165, 1.54) is 28.6 Å². The summed E-state index contributed by atoms with van der Waals surface area (Å²) in [6, 6.07) is 7.67. The predicted molar refractivity (Wildman–Crippen MR) is 121 cm³/mol. The Morgan fingerprint density at radius 2 is 2.03 bits per heavy atom. The minimum atomic E-state index is 0.431. The zero-order valence-corrected chi connectivity index (χ0v) is 19.6. The van der Waals surface area contributed by atoms with Gasteiger partial charge >= 0.3 is 0 Å². The maximum atomic E-state index is 5.87. The topological polar surface area (TPSA) is 96.3 Å². The van der Waals surface area contributed by atoms with E-state index in [1.807, 2.05) is 18.2 Å². The fourth-order valence-corrected chi connectivity index (χ4v) is 5.44. The van der Waals surface area contributed by atoms with Crippen LogP contribution in [0.4, 0.5) is 0 Å². The second-order valence-corrected chi connectivity index (χ2v) is 9.71. The average Bonchev–Trinajstić information content (AvgIpc) is 3.56. The van der Waals surface area contributed by atoms with Gasteiger partial charge in [-0.25, -0.2) is 0 Å². The van der Waals surface area contributed by atoms with Crippen molar-refractivity contribution >= 4 is 23.1 Å². The normalized spacial score (nSPS) is 15.5. The molecule has 0 N–H and O–H groups in total. The summed E-state index contributed by atoms with van der Waals surface area (Å²) < 4.78 is 21.9. The lowest BCUT2D eigenvalue weighted by molar-refractivity contribution is 0.355. The summed E-state index contributed by atoms with van der Waals surface area (Å²) in [5, 5.41) is 12.9. The van der Waals surface area contributed by atoms with Crippen LogP contribution in [-0.2, 0) is 18.6 Å². The van der Waals surface area contributed by atoms with Crippen molar-refractivity contribution in [2.24, 2.45) is 5.92 Å². The van der Waals surface area contributed by atoms with Gasteiger partial charge in [0.25, 0.3) is 11.1 Å². The molecule has 0 aliphatic heterocycles. The van der Waals surface area contributed by atoms with Gasteiger partial charge in [0.1, 0.15) is 0 Å². The number of fused-ring (bicyclic) bond motifs is 1. The van der Waals surface area contributed by atoms with Gasteiger partial charge in [0.05, 0.1) is 24.8 Å². The van der Waals surface area contributed by atoms with Gasteiger partial charge in [0.15, 0.2) is 11.5 Å². The van der Waals surface area contributed by atoms with Crippen molar-refractivity contribution in [3.8, 4) is 33.7 Å². The average molecular weight is 471 g/mol. The second kappa shape index (κ2) is 8.95. The number of hydrogen-bond acceptors (Lipinski definition) is 10. The summed E-state index contributed by atoms with van der Waals surface area (Å²) in [6.07, 6.45) is 3.50. The van der Waals surface area contributed by atoms with Crippen LogP contribution in [0, 0.1) is 5.92 Å². The summed E-state index contributed by atoms with van der Waals surface area (Å²) in [5.41, 5.74) is 2.20. The smallest absolute Gasteiger partial charge is 0.277 e. The fourth-order valence-electron chi connectivity index (χ4n) is 3.71. The van der Waals surface area contributed by atoms with E-state index in [4.69, 9.17) is 18.4 Å². The summed E-state index contributed by atoms with van der Waals surface area (Å²) in [4.78, 5) is 6.94. The van der Waals surface area contributed by atoms with E-state index in [2.05, 4.69) is 33.3 Å². The van der Waals surface area contributed by atoms with Crippen LogP contribution in [0.3, 0.4) is 0 Å². The molecule has 3 heterocycles. The molecule has 0 saturated carbocycles. The van der Waals surface area contributed by atoms with Crippen LogP contribution < -0.4 is 9.47 Å². The van der Waals surface area contributed by atoms with E-state index in [0.29, 0.717) is 40.1 Å². The van der Waals surface area contributed by atoms with Gasteiger partial charge < -0.3 is 18.4 Å². The van der Waals surface area contributed by atoms with E-state index in [-0.39, 0.29) is 0 Å². The van der Waals surface area contributed by atoms with Crippen LogP contribution in [0.1, 0.15) is 29.7 Å². The molecule has 0 radical (unpaired) electrons. The highest BCUT2D eigenvalue weighted by atomic mass is 32.2. The standard InChI is InChI=1S/C22H22N4O4S2/c1-12-4-7-17-14(8-12)10-18(32-17)21-24-25-22(29-21)31-11-19-23-20(26-30-19)13-5-6-15(27-2)16(9-13)28-3/h5-6,9-10,12H,4,7-8,11H2,1-3H3/t12-/m0/s1. The molecule has 166 valence electrons. The monoisotopic (exact) mass is 470 g/mol. The van der Waals surface area contributed by atoms with Gasteiger partial charge in [-0.05, 0) is 55.0 Å². The Hall–Kier alpha value is -2.85. The lowest BCUT2D eigenvalue weighted by atomic mass is 9.90. The zero-order chi connectivity index (χ0) is 22.1. The van der Waals surface area contributed by atoms with Crippen molar-refractivity contribution in [3.05, 3.63) is 40.6 Å². The van der Waals surface area contributed by atoms with Crippen LogP contribution in [-0.4, -0.2) is 34.6 Å². The lowest BCUT2D eigenvalue weighted by Crippen LogP contribution is -2.07. The number of benzene rings is 1. The van der Waals surface area contributed by atoms with Crippen LogP contribution >= 0.6 is 23.1 Å². The molecule has 1 aromatic carbocycles. The molecular weight excluding hydrogens is 448 g/mol. The summed E-state index contributed by atoms with van der Waals surface area (Å²) >= 11 is 3.13. The van der Waals surface area contributed by atoms with E-state index < -0.39 is 0 Å². The summed E-state index contributed by atoms with van der Waals surface area (Å²) in [6.45, 7) is 2.30. The highest BCUT2D eigenvalue weighted by molar-refractivity contribution is 7.98. The Labute approximate surface area is 193 Å². The Bertz CT molecular complexity index is 1230. The minimum absolute atomic E-state index is 0.431. The Morgan fingerprint density at radius 1 is 1.16 bits per heavy atom. The first-order chi connectivity index (χ1) is 15.6. The number of hydrogen-bond donors (Lipinski definition) is 0. The Kier molecular flexibility index (Phi) is 5.88. The molecule has 0 spiro atoms. The van der Waals surface area contributed by atoms with Crippen molar-refractivity contribution in [1.82, 2.24) is 20.3 Å². The Morgan fingerprint density at radius 3 is 2.88 bits per heavy atom. The van der Waals surface area contributed by atoms with E-state index in [0.717, 1.165) is 29.2 Å². The third kappa shape index (κ3) is 4.24. The third-order valence-corrected chi connectivity index (χ3v) is 7.40. The molecule has 1 atom stereocenters. The largest absolute Gasteiger partial charge is 0.493 e. The molecule has 0 amide bonds. The number of thiophene rings is 1. The molecule has 0 unspecified atom stereocenters. The van der Waals surface area contributed by atoms with Crippen LogP contribution in [0.25, 0.3) is 22.2 Å². The molecule has 1 aliphatic rings. The third-order valence-electron chi connectivity index (χ3n) is 5.38. The maximum absolute atomic E-state index is 5.87. The molecule has 0 bridgehead atoms. The first kappa shape index (κ1) is 21.0. The van der Waals surface area contributed by atoms with Crippen molar-refractivity contribution in [2.75, 3.05) is 14.2 Å². The molecule has 8 nitrogen and oxygen atoms in total. The molecule has 0 saturated heterocycles.